The molecule has 1 fully saturated rings. The van der Waals surface area contributed by atoms with Crippen molar-refractivity contribution < 1.29 is 0 Å². The maximum atomic E-state index is 3.78. The van der Waals surface area contributed by atoms with Gasteiger partial charge in [0.25, 0.3) is 0 Å². The van der Waals surface area contributed by atoms with Crippen LogP contribution in [0.2, 0.25) is 0 Å². The Morgan fingerprint density at radius 2 is 2.45 bits per heavy atom. The summed E-state index contributed by atoms with van der Waals surface area (Å²) in [7, 11) is 0. The van der Waals surface area contributed by atoms with Crippen LogP contribution in [0.5, 0.6) is 0 Å². The number of halogens is 1. The van der Waals surface area contributed by atoms with Crippen molar-refractivity contribution in [2.45, 2.75) is 32.2 Å². The van der Waals surface area contributed by atoms with E-state index in [1.807, 2.05) is 0 Å². The van der Waals surface area contributed by atoms with E-state index >= 15 is 0 Å². The zero-order valence-corrected chi connectivity index (χ0v) is 8.65. The van der Waals surface area contributed by atoms with Gasteiger partial charge in [-0.15, -0.1) is 0 Å². The largest absolute Gasteiger partial charge is 0.309 e. The molecule has 64 valence electrons. The summed E-state index contributed by atoms with van der Waals surface area (Å²) < 4.78 is 1.06. The van der Waals surface area contributed by atoms with Gasteiger partial charge in [-0.2, -0.15) is 0 Å². The summed E-state index contributed by atoms with van der Waals surface area (Å²) in [6.45, 7) is 6.95. The van der Waals surface area contributed by atoms with E-state index < -0.39 is 0 Å². The second-order valence-electron chi connectivity index (χ2n) is 3.29. The first-order chi connectivity index (χ1) is 5.24. The minimum atomic E-state index is 0.782. The Balaban J connectivity index is 2.00. The summed E-state index contributed by atoms with van der Waals surface area (Å²) >= 11 is 3.33. The molecule has 2 unspecified atom stereocenters. The Kier molecular flexibility index (Phi) is 3.60. The van der Waals surface area contributed by atoms with E-state index in [2.05, 4.69) is 34.7 Å². The maximum Gasteiger partial charge on any atom is 0.0268 e. The van der Waals surface area contributed by atoms with Gasteiger partial charge in [-0.05, 0) is 18.8 Å². The van der Waals surface area contributed by atoms with Crippen LogP contribution in [0.1, 0.15) is 26.2 Å². The van der Waals surface area contributed by atoms with Crippen LogP contribution in [-0.4, -0.2) is 12.6 Å². The van der Waals surface area contributed by atoms with Gasteiger partial charge in [-0.3, -0.25) is 0 Å². The van der Waals surface area contributed by atoms with Crippen molar-refractivity contribution in [3.8, 4) is 0 Å². The first-order valence-electron chi connectivity index (χ1n) is 4.30. The second kappa shape index (κ2) is 4.27. The second-order valence-corrected chi connectivity index (χ2v) is 4.41. The fraction of sp³-hybridized carbons (Fsp3) is 0.778. The van der Waals surface area contributed by atoms with Gasteiger partial charge in [-0.25, -0.2) is 0 Å². The first-order valence-corrected chi connectivity index (χ1v) is 5.10. The van der Waals surface area contributed by atoms with Gasteiger partial charge in [0.05, 0.1) is 0 Å². The molecule has 0 amide bonds. The predicted molar refractivity (Wildman–Crippen MR) is 52.9 cm³/mol. The lowest BCUT2D eigenvalue weighted by atomic mass is 10.2. The van der Waals surface area contributed by atoms with Crippen molar-refractivity contribution in [3.63, 3.8) is 0 Å². The SMILES string of the molecule is C=C(Br)CNC1CC1CCC. The number of nitrogens with one attached hydrogen (secondary N) is 1. The zero-order chi connectivity index (χ0) is 8.27. The van der Waals surface area contributed by atoms with Crippen molar-refractivity contribution >= 4 is 15.9 Å². The van der Waals surface area contributed by atoms with Crippen molar-refractivity contribution in [2.75, 3.05) is 6.54 Å². The molecule has 1 aliphatic rings. The smallest absolute Gasteiger partial charge is 0.0268 e. The Morgan fingerprint density at radius 1 is 1.73 bits per heavy atom. The molecule has 0 bridgehead atoms. The highest BCUT2D eigenvalue weighted by molar-refractivity contribution is 9.11. The average Bonchev–Trinajstić information content (AvgIpc) is 2.64. The fourth-order valence-electron chi connectivity index (χ4n) is 1.43. The standard InChI is InChI=1S/C9H16BrN/c1-3-4-8-5-9(8)11-6-7(2)10/h8-9,11H,2-6H2,1H3. The molecule has 0 aromatic rings. The molecule has 0 aromatic carbocycles. The normalized spacial score (nSPS) is 28.5. The molecule has 0 heterocycles. The molecule has 0 spiro atoms. The van der Waals surface area contributed by atoms with E-state index in [0.29, 0.717) is 0 Å². The van der Waals surface area contributed by atoms with Crippen molar-refractivity contribution in [1.29, 1.82) is 0 Å². The summed E-state index contributed by atoms with van der Waals surface area (Å²) in [5.74, 6) is 0.951. The highest BCUT2D eigenvalue weighted by Gasteiger charge is 2.34. The van der Waals surface area contributed by atoms with E-state index in [1.165, 1.54) is 19.3 Å². The monoisotopic (exact) mass is 217 g/mol. The van der Waals surface area contributed by atoms with Crippen LogP contribution in [0, 0.1) is 5.92 Å². The Labute approximate surface area is 77.4 Å². The van der Waals surface area contributed by atoms with Crippen LogP contribution in [0.3, 0.4) is 0 Å². The minimum Gasteiger partial charge on any atom is -0.309 e. The first kappa shape index (κ1) is 9.27. The summed E-state index contributed by atoms with van der Waals surface area (Å²) in [5, 5.41) is 3.44. The van der Waals surface area contributed by atoms with E-state index in [1.54, 1.807) is 0 Å². The topological polar surface area (TPSA) is 12.0 Å². The molecule has 0 radical (unpaired) electrons. The minimum absolute atomic E-state index is 0.782. The van der Waals surface area contributed by atoms with Gasteiger partial charge in [0.1, 0.15) is 0 Å². The fourth-order valence-corrected chi connectivity index (χ4v) is 1.59. The average molecular weight is 218 g/mol. The lowest BCUT2D eigenvalue weighted by Crippen LogP contribution is -2.19. The molecule has 1 aliphatic carbocycles. The molecule has 0 saturated heterocycles. The molecular weight excluding hydrogens is 202 g/mol. The van der Waals surface area contributed by atoms with Gasteiger partial charge >= 0.3 is 0 Å². The highest BCUT2D eigenvalue weighted by Crippen LogP contribution is 2.34. The lowest BCUT2D eigenvalue weighted by Gasteiger charge is -2.00. The lowest BCUT2D eigenvalue weighted by molar-refractivity contribution is 0.625. The molecular formula is C9H16BrN. The van der Waals surface area contributed by atoms with E-state index in [4.69, 9.17) is 0 Å². The summed E-state index contributed by atoms with van der Waals surface area (Å²) in [5.41, 5.74) is 0. The van der Waals surface area contributed by atoms with Crippen LogP contribution in [0.4, 0.5) is 0 Å². The molecule has 11 heavy (non-hydrogen) atoms. The van der Waals surface area contributed by atoms with Crippen LogP contribution in [-0.2, 0) is 0 Å². The van der Waals surface area contributed by atoms with Gasteiger partial charge in [0.15, 0.2) is 0 Å². The van der Waals surface area contributed by atoms with E-state index in [-0.39, 0.29) is 0 Å². The van der Waals surface area contributed by atoms with Crippen molar-refractivity contribution in [3.05, 3.63) is 11.1 Å². The number of hydrogen-bond donors (Lipinski definition) is 1. The molecule has 2 atom stereocenters. The van der Waals surface area contributed by atoms with Crippen LogP contribution < -0.4 is 5.32 Å². The van der Waals surface area contributed by atoms with Gasteiger partial charge < -0.3 is 5.32 Å². The molecule has 0 aliphatic heterocycles. The molecule has 1 N–H and O–H groups in total. The van der Waals surface area contributed by atoms with Crippen LogP contribution in [0.25, 0.3) is 0 Å². The van der Waals surface area contributed by atoms with Gasteiger partial charge in [0.2, 0.25) is 0 Å². The quantitative estimate of drug-likeness (QED) is 0.748. The molecule has 1 nitrogen and oxygen atoms in total. The highest BCUT2D eigenvalue weighted by atomic mass is 79.9. The van der Waals surface area contributed by atoms with Crippen molar-refractivity contribution in [2.24, 2.45) is 5.92 Å². The van der Waals surface area contributed by atoms with Crippen LogP contribution in [0.15, 0.2) is 11.1 Å². The third-order valence-corrected chi connectivity index (χ3v) is 2.42. The Bertz CT molecular complexity index is 144. The van der Waals surface area contributed by atoms with Gasteiger partial charge in [-0.1, -0.05) is 35.9 Å². The third-order valence-electron chi connectivity index (χ3n) is 2.14. The Hall–Kier alpha value is 0.180. The summed E-state index contributed by atoms with van der Waals surface area (Å²) in [6.07, 6.45) is 4.07. The molecule has 1 saturated carbocycles. The summed E-state index contributed by atoms with van der Waals surface area (Å²) in [6, 6.07) is 0.782. The van der Waals surface area contributed by atoms with Gasteiger partial charge in [0, 0.05) is 17.1 Å². The number of rotatable bonds is 5. The predicted octanol–water partition coefficient (Wildman–Crippen LogP) is 2.67. The summed E-state index contributed by atoms with van der Waals surface area (Å²) in [4.78, 5) is 0. The molecule has 0 aromatic heterocycles. The zero-order valence-electron chi connectivity index (χ0n) is 7.07. The third kappa shape index (κ3) is 3.39. The molecule has 1 rings (SSSR count). The number of hydrogen-bond acceptors (Lipinski definition) is 1. The Morgan fingerprint density at radius 3 is 3.00 bits per heavy atom. The van der Waals surface area contributed by atoms with Crippen molar-refractivity contribution in [1.82, 2.24) is 5.32 Å². The molecule has 2 heteroatoms. The van der Waals surface area contributed by atoms with E-state index in [9.17, 15) is 0 Å². The van der Waals surface area contributed by atoms with E-state index in [0.717, 1.165) is 23.0 Å². The maximum absolute atomic E-state index is 3.78. The van der Waals surface area contributed by atoms with Crippen LogP contribution >= 0.6 is 15.9 Å².